The Balaban J connectivity index is 0.000000246. The number of hydrogen-bond acceptors (Lipinski definition) is 22. The number of nitrogens with zero attached hydrogens (tertiary/aromatic N) is 6. The summed E-state index contributed by atoms with van der Waals surface area (Å²) in [5.74, 6) is -3.83. The molecule has 8 rings (SSSR count). The molecule has 0 bridgehead atoms. The molecular weight excluding hydrogens is 1150 g/mol. The Labute approximate surface area is 442 Å². The Morgan fingerprint density at radius 1 is 0.403 bits per heavy atom. The molecule has 0 spiro atoms. The molecule has 0 aromatic heterocycles. The van der Waals surface area contributed by atoms with Gasteiger partial charge in [0.25, 0.3) is 40.5 Å². The smallest absolute Gasteiger partial charge is 0.314 e. The SMILES string of the molecule is O=[N+]([O-])c1cc(S(=O)(=O)O)cc(N=Nc2c(S(=O)(=O)O)cc3cc(Nc4ccccc4)ccc3c2O)c1O.O=[N+]([O-])c1cc(S(=O)(=O)O)cc(N=Nc2c(S(=O)(=O)O)cc3cc(Nc4ccccc4)ccc3c2O)c1O.[Co]. The van der Waals surface area contributed by atoms with Crippen LogP contribution in [0.3, 0.4) is 0 Å². The number of azo groups is 2. The first kappa shape index (κ1) is 57.5. The molecule has 0 saturated carbocycles. The number of anilines is 4. The second-order valence-electron chi connectivity index (χ2n) is 15.4. The Kier molecular flexibility index (Phi) is 16.6. The van der Waals surface area contributed by atoms with E-state index < -0.39 is 127 Å². The summed E-state index contributed by atoms with van der Waals surface area (Å²) in [6.07, 6.45) is 0. The van der Waals surface area contributed by atoms with Crippen LogP contribution in [0.4, 0.5) is 56.9 Å². The van der Waals surface area contributed by atoms with Crippen molar-refractivity contribution in [1.82, 2.24) is 0 Å². The Morgan fingerprint density at radius 2 is 0.740 bits per heavy atom. The van der Waals surface area contributed by atoms with Crippen LogP contribution in [0.2, 0.25) is 0 Å². The maximum absolute atomic E-state index is 12.1. The fraction of sp³-hybridized carbons (Fsp3) is 0. The molecule has 0 saturated heterocycles. The number of fused-ring (bicyclic) bond motifs is 2. The van der Waals surface area contributed by atoms with Gasteiger partial charge in [-0.3, -0.25) is 38.4 Å². The van der Waals surface area contributed by atoms with Gasteiger partial charge in [0.1, 0.15) is 42.3 Å². The number of rotatable bonds is 14. The first-order valence-electron chi connectivity index (χ1n) is 20.5. The summed E-state index contributed by atoms with van der Waals surface area (Å²) in [5, 5.41) is 84.9. The van der Waals surface area contributed by atoms with Crippen molar-refractivity contribution in [2.45, 2.75) is 19.6 Å². The molecule has 0 amide bonds. The third-order valence-electron chi connectivity index (χ3n) is 10.4. The minimum atomic E-state index is -5.03. The predicted molar refractivity (Wildman–Crippen MR) is 268 cm³/mol. The van der Waals surface area contributed by atoms with Crippen LogP contribution in [0.5, 0.6) is 23.0 Å². The van der Waals surface area contributed by atoms with Gasteiger partial charge < -0.3 is 31.1 Å². The van der Waals surface area contributed by atoms with Crippen molar-refractivity contribution in [2.75, 3.05) is 10.6 Å². The van der Waals surface area contributed by atoms with Crippen LogP contribution in [0, 0.1) is 20.2 Å². The molecule has 77 heavy (non-hydrogen) atoms. The van der Waals surface area contributed by atoms with Crippen molar-refractivity contribution < 1.29 is 98.9 Å². The number of hydrogen-bond donors (Lipinski definition) is 10. The first-order valence-corrected chi connectivity index (χ1v) is 26.3. The standard InChI is InChI=1S/2C22H16N4O10S2.Co/c2*27-21-16-7-6-14(23-13-4-2-1-3-5-13)8-12(16)9-19(38(34,35)36)20(21)25-24-17-10-15(37(31,32)33)11-18(22(17)28)26(29)30;/h2*1-11,23,27-28H,(H,31,32,33)(H,34,35,36);. The number of aromatic hydroxyl groups is 4. The van der Waals surface area contributed by atoms with Gasteiger partial charge in [0, 0.05) is 62.4 Å². The predicted octanol–water partition coefficient (Wildman–Crippen LogP) is 9.62. The number of nitro groups is 2. The second-order valence-corrected chi connectivity index (χ2v) is 21.1. The molecule has 0 aliphatic carbocycles. The van der Waals surface area contributed by atoms with Crippen LogP contribution in [0.25, 0.3) is 21.5 Å². The third kappa shape index (κ3) is 13.2. The van der Waals surface area contributed by atoms with Gasteiger partial charge in [-0.25, -0.2) is 0 Å². The summed E-state index contributed by atoms with van der Waals surface area (Å²) in [6.45, 7) is 0. The third-order valence-corrected chi connectivity index (χ3v) is 13.8. The molecule has 33 heteroatoms. The second kappa shape index (κ2) is 22.2. The van der Waals surface area contributed by atoms with E-state index in [1.807, 2.05) is 12.1 Å². The van der Waals surface area contributed by atoms with E-state index in [1.54, 1.807) is 60.7 Å². The normalized spacial score (nSPS) is 12.0. The van der Waals surface area contributed by atoms with Gasteiger partial charge in [-0.2, -0.15) is 33.7 Å². The Hall–Kier alpha value is -8.77. The van der Waals surface area contributed by atoms with E-state index in [0.717, 1.165) is 23.5 Å². The van der Waals surface area contributed by atoms with Crippen molar-refractivity contribution in [3.8, 4) is 23.0 Å². The van der Waals surface area contributed by atoms with Crippen LogP contribution in [-0.4, -0.2) is 82.2 Å². The molecule has 401 valence electrons. The van der Waals surface area contributed by atoms with E-state index in [-0.39, 0.29) is 38.3 Å². The first-order chi connectivity index (χ1) is 35.5. The van der Waals surface area contributed by atoms with Crippen LogP contribution < -0.4 is 10.6 Å². The average molecular weight is 1180 g/mol. The van der Waals surface area contributed by atoms with E-state index in [1.165, 1.54) is 24.3 Å². The largest absolute Gasteiger partial charge is 0.505 e. The van der Waals surface area contributed by atoms with E-state index in [4.69, 9.17) is 0 Å². The summed E-state index contributed by atoms with van der Waals surface area (Å²) >= 11 is 0. The maximum Gasteiger partial charge on any atom is 0.314 e. The van der Waals surface area contributed by atoms with Gasteiger partial charge in [-0.15, -0.1) is 20.5 Å². The minimum Gasteiger partial charge on any atom is -0.505 e. The summed E-state index contributed by atoms with van der Waals surface area (Å²) in [7, 11) is -20.0. The zero-order valence-corrected chi connectivity index (χ0v) is 42.1. The number of nitrogens with one attached hydrogen (secondary N) is 2. The van der Waals surface area contributed by atoms with Crippen molar-refractivity contribution in [3.05, 3.63) is 154 Å². The number of nitro benzene ring substituents is 2. The van der Waals surface area contributed by atoms with Crippen LogP contribution in [-0.2, 0) is 57.3 Å². The quantitative estimate of drug-likeness (QED) is 0.0209. The number of para-hydroxylation sites is 2. The van der Waals surface area contributed by atoms with Gasteiger partial charge in [-0.1, -0.05) is 36.4 Å². The summed E-state index contributed by atoms with van der Waals surface area (Å²) in [5.41, 5.74) is -3.14. The molecule has 0 atom stereocenters. The van der Waals surface area contributed by atoms with E-state index >= 15 is 0 Å². The van der Waals surface area contributed by atoms with Crippen LogP contribution >= 0.6 is 0 Å². The molecular formula is C44H32CoN8O20S4. The molecule has 28 nitrogen and oxygen atoms in total. The van der Waals surface area contributed by atoms with Gasteiger partial charge in [0.2, 0.25) is 11.5 Å². The zero-order valence-electron chi connectivity index (χ0n) is 37.8. The van der Waals surface area contributed by atoms with Gasteiger partial charge in [0.05, 0.1) is 9.85 Å². The monoisotopic (exact) mass is 1180 g/mol. The molecule has 0 aliphatic rings. The Bertz CT molecular complexity index is 3960. The molecule has 0 fully saturated rings. The molecule has 8 aromatic rings. The molecule has 10 N–H and O–H groups in total. The van der Waals surface area contributed by atoms with Gasteiger partial charge >= 0.3 is 11.4 Å². The van der Waals surface area contributed by atoms with E-state index in [9.17, 15) is 92.5 Å². The molecule has 8 aromatic carbocycles. The van der Waals surface area contributed by atoms with Crippen LogP contribution in [0.15, 0.2) is 173 Å². The number of phenols is 4. The van der Waals surface area contributed by atoms with Crippen molar-refractivity contribution in [2.24, 2.45) is 20.5 Å². The molecule has 0 heterocycles. The summed E-state index contributed by atoms with van der Waals surface area (Å²) < 4.78 is 132. The van der Waals surface area contributed by atoms with Crippen molar-refractivity contribution in [3.63, 3.8) is 0 Å². The molecule has 0 unspecified atom stereocenters. The number of benzene rings is 8. The maximum atomic E-state index is 12.1. The molecule has 1 radical (unpaired) electrons. The zero-order chi connectivity index (χ0) is 55.7. The Morgan fingerprint density at radius 3 is 1.04 bits per heavy atom. The van der Waals surface area contributed by atoms with Crippen molar-refractivity contribution in [1.29, 1.82) is 0 Å². The van der Waals surface area contributed by atoms with Crippen LogP contribution in [0.1, 0.15) is 0 Å². The number of phenolic OH excluding ortho intramolecular Hbond substituents is 4. The summed E-state index contributed by atoms with van der Waals surface area (Å²) in [6, 6.07) is 30.7. The van der Waals surface area contributed by atoms with E-state index in [0.29, 0.717) is 35.6 Å². The van der Waals surface area contributed by atoms with E-state index in [2.05, 4.69) is 31.1 Å². The topological polar surface area (TPSA) is 458 Å². The molecule has 0 aliphatic heterocycles. The van der Waals surface area contributed by atoms with Gasteiger partial charge in [-0.05, 0) is 95.7 Å². The fourth-order valence-electron chi connectivity index (χ4n) is 6.92. The average Bonchev–Trinajstić information content (AvgIpc) is 3.34. The summed E-state index contributed by atoms with van der Waals surface area (Å²) in [4.78, 5) is 16.3. The minimum absolute atomic E-state index is 0. The fourth-order valence-corrected chi connectivity index (χ4v) is 9.27. The van der Waals surface area contributed by atoms with Gasteiger partial charge in [0.15, 0.2) is 11.5 Å². The van der Waals surface area contributed by atoms with Crippen molar-refractivity contribution >= 4 is 119 Å².